The van der Waals surface area contributed by atoms with Crippen molar-refractivity contribution >= 4 is 10.0 Å². The van der Waals surface area contributed by atoms with Gasteiger partial charge in [-0.25, -0.2) is 13.1 Å². The van der Waals surface area contributed by atoms with E-state index in [1.54, 1.807) is 12.1 Å². The zero-order valence-electron chi connectivity index (χ0n) is 11.7. The lowest BCUT2D eigenvalue weighted by molar-refractivity contribution is 0.568. The summed E-state index contributed by atoms with van der Waals surface area (Å²) >= 11 is 0. The monoisotopic (exact) mass is 284 g/mol. The van der Waals surface area contributed by atoms with Gasteiger partial charge in [0.1, 0.15) is 0 Å². The van der Waals surface area contributed by atoms with Gasteiger partial charge in [-0.3, -0.25) is 0 Å². The Bertz CT molecular complexity index is 467. The lowest BCUT2D eigenvalue weighted by atomic mass is 10.1. The molecule has 0 radical (unpaired) electrons. The van der Waals surface area contributed by atoms with E-state index in [9.17, 15) is 8.42 Å². The van der Waals surface area contributed by atoms with Crippen LogP contribution in [-0.2, 0) is 16.4 Å². The molecule has 1 aromatic rings. The van der Waals surface area contributed by atoms with E-state index in [1.165, 1.54) is 5.56 Å². The number of hydrogen-bond donors (Lipinski definition) is 2. The van der Waals surface area contributed by atoms with Crippen molar-refractivity contribution in [2.45, 2.75) is 50.5 Å². The molecular weight excluding hydrogens is 260 g/mol. The first-order valence-corrected chi connectivity index (χ1v) is 8.28. The highest BCUT2D eigenvalue weighted by Gasteiger charge is 2.12. The van der Waals surface area contributed by atoms with Gasteiger partial charge in [0, 0.05) is 12.6 Å². The Kier molecular flexibility index (Phi) is 6.48. The summed E-state index contributed by atoms with van der Waals surface area (Å²) in [5.41, 5.74) is 6.79. The largest absolute Gasteiger partial charge is 0.328 e. The zero-order chi connectivity index (χ0) is 14.3. The lowest BCUT2D eigenvalue weighted by Gasteiger charge is -2.08. The number of benzene rings is 1. The first kappa shape index (κ1) is 16.1. The molecule has 1 aromatic carbocycles. The summed E-state index contributed by atoms with van der Waals surface area (Å²) in [6, 6.07) is 7.19. The average molecular weight is 284 g/mol. The van der Waals surface area contributed by atoms with Crippen LogP contribution in [0.5, 0.6) is 0 Å². The van der Waals surface area contributed by atoms with Crippen LogP contribution in [0.15, 0.2) is 29.2 Å². The third kappa shape index (κ3) is 5.72. The molecule has 0 aliphatic heterocycles. The molecule has 19 heavy (non-hydrogen) atoms. The molecule has 5 heteroatoms. The van der Waals surface area contributed by atoms with Crippen LogP contribution in [0.2, 0.25) is 0 Å². The number of nitrogens with one attached hydrogen (secondary N) is 1. The van der Waals surface area contributed by atoms with E-state index in [-0.39, 0.29) is 6.04 Å². The minimum Gasteiger partial charge on any atom is -0.328 e. The molecule has 4 nitrogen and oxygen atoms in total. The fourth-order valence-electron chi connectivity index (χ4n) is 1.84. The van der Waals surface area contributed by atoms with Crippen molar-refractivity contribution in [2.24, 2.45) is 5.73 Å². The molecule has 0 amide bonds. The van der Waals surface area contributed by atoms with E-state index in [0.717, 1.165) is 25.7 Å². The summed E-state index contributed by atoms with van der Waals surface area (Å²) < 4.78 is 26.6. The minimum absolute atomic E-state index is 0.109. The highest BCUT2D eigenvalue weighted by atomic mass is 32.2. The predicted molar refractivity (Wildman–Crippen MR) is 78.5 cm³/mol. The second-order valence-electron chi connectivity index (χ2n) is 4.91. The maximum absolute atomic E-state index is 12.0. The molecule has 1 unspecified atom stereocenters. The second-order valence-corrected chi connectivity index (χ2v) is 6.68. The van der Waals surface area contributed by atoms with Crippen molar-refractivity contribution in [1.29, 1.82) is 0 Å². The van der Waals surface area contributed by atoms with Crippen molar-refractivity contribution in [3.05, 3.63) is 29.8 Å². The van der Waals surface area contributed by atoms with E-state index >= 15 is 0 Å². The van der Waals surface area contributed by atoms with Crippen LogP contribution in [-0.4, -0.2) is 21.0 Å². The topological polar surface area (TPSA) is 72.2 Å². The molecule has 0 saturated heterocycles. The fraction of sp³-hybridized carbons (Fsp3) is 0.571. The first-order valence-electron chi connectivity index (χ1n) is 6.80. The average Bonchev–Trinajstić information content (AvgIpc) is 2.36. The van der Waals surface area contributed by atoms with E-state index in [0.29, 0.717) is 11.4 Å². The molecule has 0 bridgehead atoms. The van der Waals surface area contributed by atoms with Gasteiger partial charge >= 0.3 is 0 Å². The number of aryl methyl sites for hydroxylation is 1. The quantitative estimate of drug-likeness (QED) is 0.718. The van der Waals surface area contributed by atoms with Gasteiger partial charge in [-0.15, -0.1) is 0 Å². The third-order valence-electron chi connectivity index (χ3n) is 2.90. The normalized spacial score (nSPS) is 13.4. The molecule has 1 atom stereocenters. The molecule has 0 aliphatic rings. The molecule has 0 heterocycles. The van der Waals surface area contributed by atoms with Gasteiger partial charge in [0.15, 0.2) is 0 Å². The predicted octanol–water partition coefficient (Wildman–Crippen LogP) is 2.04. The van der Waals surface area contributed by atoms with Crippen LogP contribution < -0.4 is 10.5 Å². The summed E-state index contributed by atoms with van der Waals surface area (Å²) in [6.45, 7) is 4.45. The van der Waals surface area contributed by atoms with Crippen LogP contribution in [0.1, 0.15) is 38.7 Å². The van der Waals surface area contributed by atoms with E-state index in [2.05, 4.69) is 11.6 Å². The second kappa shape index (κ2) is 7.62. The summed E-state index contributed by atoms with van der Waals surface area (Å²) in [6.07, 6.45) is 3.60. The van der Waals surface area contributed by atoms with Crippen molar-refractivity contribution in [3.63, 3.8) is 0 Å². The van der Waals surface area contributed by atoms with E-state index in [1.807, 2.05) is 19.1 Å². The van der Waals surface area contributed by atoms with E-state index in [4.69, 9.17) is 5.73 Å². The van der Waals surface area contributed by atoms with Gasteiger partial charge < -0.3 is 5.73 Å². The summed E-state index contributed by atoms with van der Waals surface area (Å²) in [5.74, 6) is 0. The standard InChI is InChI=1S/C14H24N2O2S/c1-3-5-13-7-9-14(10-8-13)19(17,18)16-11-4-6-12(2)15/h7-10,12,16H,3-6,11,15H2,1-2H3. The molecule has 0 saturated carbocycles. The molecule has 0 fully saturated rings. The molecular formula is C14H24N2O2S. The highest BCUT2D eigenvalue weighted by molar-refractivity contribution is 7.89. The molecule has 1 rings (SSSR count). The van der Waals surface area contributed by atoms with Crippen molar-refractivity contribution in [1.82, 2.24) is 4.72 Å². The Morgan fingerprint density at radius 1 is 1.26 bits per heavy atom. The summed E-state index contributed by atoms with van der Waals surface area (Å²) in [7, 11) is -3.38. The number of rotatable bonds is 8. The van der Waals surface area contributed by atoms with Gasteiger partial charge in [0.05, 0.1) is 4.90 Å². The Labute approximate surface area is 116 Å². The molecule has 108 valence electrons. The van der Waals surface area contributed by atoms with Crippen LogP contribution >= 0.6 is 0 Å². The molecule has 0 aromatic heterocycles. The van der Waals surface area contributed by atoms with Gasteiger partial charge in [0.25, 0.3) is 0 Å². The number of hydrogen-bond acceptors (Lipinski definition) is 3. The summed E-state index contributed by atoms with van der Waals surface area (Å²) in [4.78, 5) is 0.327. The van der Waals surface area contributed by atoms with Crippen molar-refractivity contribution in [2.75, 3.05) is 6.54 Å². The van der Waals surface area contributed by atoms with Crippen LogP contribution in [0.3, 0.4) is 0 Å². The van der Waals surface area contributed by atoms with Gasteiger partial charge in [-0.05, 0) is 43.9 Å². The molecule has 0 aliphatic carbocycles. The van der Waals surface area contributed by atoms with Gasteiger partial charge in [-0.2, -0.15) is 0 Å². The van der Waals surface area contributed by atoms with Gasteiger partial charge in [0.2, 0.25) is 10.0 Å². The third-order valence-corrected chi connectivity index (χ3v) is 4.38. The Morgan fingerprint density at radius 3 is 2.42 bits per heavy atom. The number of nitrogens with two attached hydrogens (primary N) is 1. The minimum atomic E-state index is -3.38. The maximum Gasteiger partial charge on any atom is 0.240 e. The molecule has 0 spiro atoms. The Morgan fingerprint density at radius 2 is 1.89 bits per heavy atom. The van der Waals surface area contributed by atoms with Gasteiger partial charge in [-0.1, -0.05) is 25.5 Å². The smallest absolute Gasteiger partial charge is 0.240 e. The highest BCUT2D eigenvalue weighted by Crippen LogP contribution is 2.11. The van der Waals surface area contributed by atoms with Crippen molar-refractivity contribution < 1.29 is 8.42 Å². The first-order chi connectivity index (χ1) is 8.95. The SMILES string of the molecule is CCCc1ccc(S(=O)(=O)NCCCC(C)N)cc1. The zero-order valence-corrected chi connectivity index (χ0v) is 12.5. The molecule has 3 N–H and O–H groups in total. The van der Waals surface area contributed by atoms with Crippen LogP contribution in [0.4, 0.5) is 0 Å². The Balaban J connectivity index is 2.56. The van der Waals surface area contributed by atoms with E-state index < -0.39 is 10.0 Å². The summed E-state index contributed by atoms with van der Waals surface area (Å²) in [5, 5.41) is 0. The Hall–Kier alpha value is -0.910. The maximum atomic E-state index is 12.0. The van der Waals surface area contributed by atoms with Crippen LogP contribution in [0.25, 0.3) is 0 Å². The lowest BCUT2D eigenvalue weighted by Crippen LogP contribution is -2.26. The fourth-order valence-corrected chi connectivity index (χ4v) is 2.91. The number of sulfonamides is 1. The van der Waals surface area contributed by atoms with Crippen LogP contribution in [0, 0.1) is 0 Å². The van der Waals surface area contributed by atoms with Crippen molar-refractivity contribution in [3.8, 4) is 0 Å².